The molecule has 0 spiro atoms. The molecule has 0 saturated carbocycles. The first-order chi connectivity index (χ1) is 11.0. The summed E-state index contributed by atoms with van der Waals surface area (Å²) in [5.74, 6) is 0.957. The van der Waals surface area contributed by atoms with Crippen LogP contribution in [0.4, 0.5) is 0 Å². The van der Waals surface area contributed by atoms with Crippen molar-refractivity contribution in [3.05, 3.63) is 42.0 Å². The van der Waals surface area contributed by atoms with Crippen molar-refractivity contribution in [2.24, 2.45) is 11.8 Å². The summed E-state index contributed by atoms with van der Waals surface area (Å²) in [7, 11) is -3.38. The van der Waals surface area contributed by atoms with Crippen LogP contribution in [0, 0.1) is 11.8 Å². The molecule has 1 aromatic rings. The van der Waals surface area contributed by atoms with Gasteiger partial charge >= 0.3 is 0 Å². The van der Waals surface area contributed by atoms with E-state index in [1.165, 1.54) is 5.57 Å². The van der Waals surface area contributed by atoms with Crippen LogP contribution in [-0.2, 0) is 14.6 Å². The van der Waals surface area contributed by atoms with Crippen LogP contribution in [0.5, 0.6) is 0 Å². The highest BCUT2D eigenvalue weighted by molar-refractivity contribution is 7.91. The number of hydrogen-bond acceptors (Lipinski definition) is 3. The van der Waals surface area contributed by atoms with Crippen LogP contribution in [0.3, 0.4) is 0 Å². The van der Waals surface area contributed by atoms with Gasteiger partial charge in [-0.2, -0.15) is 0 Å². The Kier molecular flexibility index (Phi) is 4.57. The van der Waals surface area contributed by atoms with Crippen molar-refractivity contribution in [1.29, 1.82) is 0 Å². The van der Waals surface area contributed by atoms with E-state index in [2.05, 4.69) is 13.0 Å². The van der Waals surface area contributed by atoms with Crippen LogP contribution < -0.4 is 0 Å². The molecule has 0 unspecified atom stereocenters. The first kappa shape index (κ1) is 16.2. The van der Waals surface area contributed by atoms with Gasteiger partial charge in [-0.1, -0.05) is 29.8 Å². The Bertz CT molecular complexity index is 709. The second-order valence-electron chi connectivity index (χ2n) is 6.69. The van der Waals surface area contributed by atoms with Gasteiger partial charge in [0.1, 0.15) is 0 Å². The van der Waals surface area contributed by atoms with E-state index in [1.807, 2.05) is 4.90 Å². The number of amides is 1. The standard InChI is InChI=1S/C18H23NO3S/c1-14-7-8-15-12-19(13-16(15)11-14)18(20)9-10-23(21,22)17-5-3-2-4-6-17/h2-7,15-16H,8-13H2,1H3/t15-,16+/m1/s1. The molecular formula is C18H23NO3S. The molecule has 0 bridgehead atoms. The summed E-state index contributed by atoms with van der Waals surface area (Å²) >= 11 is 0. The van der Waals surface area contributed by atoms with Crippen LogP contribution in [0.1, 0.15) is 26.2 Å². The van der Waals surface area contributed by atoms with Crippen molar-refractivity contribution >= 4 is 15.7 Å². The summed E-state index contributed by atoms with van der Waals surface area (Å²) in [5, 5.41) is 0. The lowest BCUT2D eigenvalue weighted by molar-refractivity contribution is -0.129. The van der Waals surface area contributed by atoms with Crippen LogP contribution in [-0.4, -0.2) is 38.1 Å². The zero-order chi connectivity index (χ0) is 16.4. The number of carbonyl (C=O) groups excluding carboxylic acids is 1. The van der Waals surface area contributed by atoms with Crippen LogP contribution in [0.25, 0.3) is 0 Å². The van der Waals surface area contributed by atoms with Crippen LogP contribution >= 0.6 is 0 Å². The first-order valence-corrected chi connectivity index (χ1v) is 9.82. The van der Waals surface area contributed by atoms with E-state index >= 15 is 0 Å². The molecule has 1 aliphatic heterocycles. The zero-order valence-electron chi connectivity index (χ0n) is 13.4. The number of fused-ring (bicyclic) bond motifs is 1. The van der Waals surface area contributed by atoms with E-state index < -0.39 is 9.84 Å². The molecule has 2 aliphatic rings. The summed E-state index contributed by atoms with van der Waals surface area (Å²) in [5.41, 5.74) is 1.41. The largest absolute Gasteiger partial charge is 0.342 e. The maximum absolute atomic E-state index is 12.4. The predicted molar refractivity (Wildman–Crippen MR) is 89.7 cm³/mol. The average Bonchev–Trinajstić information content (AvgIpc) is 2.96. The van der Waals surface area contributed by atoms with Gasteiger partial charge in [0, 0.05) is 19.5 Å². The molecule has 4 nitrogen and oxygen atoms in total. The van der Waals surface area contributed by atoms with E-state index in [0.717, 1.165) is 25.9 Å². The van der Waals surface area contributed by atoms with Gasteiger partial charge < -0.3 is 4.90 Å². The highest BCUT2D eigenvalue weighted by atomic mass is 32.2. The van der Waals surface area contributed by atoms with Crippen molar-refractivity contribution < 1.29 is 13.2 Å². The van der Waals surface area contributed by atoms with E-state index in [1.54, 1.807) is 30.3 Å². The maximum atomic E-state index is 12.4. The fourth-order valence-electron chi connectivity index (χ4n) is 3.62. The van der Waals surface area contributed by atoms with Gasteiger partial charge in [-0.15, -0.1) is 0 Å². The molecule has 124 valence electrons. The summed E-state index contributed by atoms with van der Waals surface area (Å²) < 4.78 is 24.5. The number of allylic oxidation sites excluding steroid dienone is 2. The third kappa shape index (κ3) is 3.66. The van der Waals surface area contributed by atoms with Crippen molar-refractivity contribution in [2.75, 3.05) is 18.8 Å². The van der Waals surface area contributed by atoms with Gasteiger partial charge in [-0.3, -0.25) is 4.79 Å². The van der Waals surface area contributed by atoms with Gasteiger partial charge in [0.05, 0.1) is 10.6 Å². The molecule has 3 rings (SSSR count). The highest BCUT2D eigenvalue weighted by Crippen LogP contribution is 2.35. The molecule has 1 fully saturated rings. The molecule has 0 radical (unpaired) electrons. The molecule has 1 heterocycles. The predicted octanol–water partition coefficient (Wildman–Crippen LogP) is 2.67. The van der Waals surface area contributed by atoms with Crippen molar-refractivity contribution in [1.82, 2.24) is 4.90 Å². The van der Waals surface area contributed by atoms with Gasteiger partial charge in [-0.25, -0.2) is 8.42 Å². The molecule has 1 aromatic carbocycles. The Balaban J connectivity index is 1.57. The SMILES string of the molecule is CC1=CC[C@@H]2CN(C(=O)CCS(=O)(=O)c3ccccc3)C[C@@H]2C1. The second kappa shape index (κ2) is 6.48. The van der Waals surface area contributed by atoms with E-state index in [-0.39, 0.29) is 18.1 Å². The van der Waals surface area contributed by atoms with Crippen LogP contribution in [0.2, 0.25) is 0 Å². The summed E-state index contributed by atoms with van der Waals surface area (Å²) in [6.45, 7) is 3.70. The first-order valence-electron chi connectivity index (χ1n) is 8.17. The average molecular weight is 333 g/mol. The van der Waals surface area contributed by atoms with E-state index in [0.29, 0.717) is 16.7 Å². The van der Waals surface area contributed by atoms with E-state index in [9.17, 15) is 13.2 Å². The third-order valence-corrected chi connectivity index (χ3v) is 6.70. The Morgan fingerprint density at radius 1 is 1.17 bits per heavy atom. The molecule has 1 amide bonds. The minimum Gasteiger partial charge on any atom is -0.342 e. The van der Waals surface area contributed by atoms with Crippen molar-refractivity contribution in [3.63, 3.8) is 0 Å². The quantitative estimate of drug-likeness (QED) is 0.796. The lowest BCUT2D eigenvalue weighted by atomic mass is 9.83. The van der Waals surface area contributed by atoms with Crippen molar-refractivity contribution in [2.45, 2.75) is 31.1 Å². The Hall–Kier alpha value is -1.62. The molecule has 2 atom stereocenters. The Labute approximate surface area is 138 Å². The molecule has 0 N–H and O–H groups in total. The summed E-state index contributed by atoms with van der Waals surface area (Å²) in [4.78, 5) is 14.6. The number of carbonyl (C=O) groups is 1. The minimum atomic E-state index is -3.38. The van der Waals surface area contributed by atoms with E-state index in [4.69, 9.17) is 0 Å². The minimum absolute atomic E-state index is 0.0310. The van der Waals surface area contributed by atoms with Crippen molar-refractivity contribution in [3.8, 4) is 0 Å². The van der Waals surface area contributed by atoms with Gasteiger partial charge in [0.15, 0.2) is 9.84 Å². The number of hydrogen-bond donors (Lipinski definition) is 0. The third-order valence-electron chi connectivity index (χ3n) is 4.97. The monoisotopic (exact) mass is 333 g/mol. The number of rotatable bonds is 4. The molecule has 0 aromatic heterocycles. The van der Waals surface area contributed by atoms with Gasteiger partial charge in [0.25, 0.3) is 0 Å². The summed E-state index contributed by atoms with van der Waals surface area (Å²) in [6, 6.07) is 8.36. The zero-order valence-corrected chi connectivity index (χ0v) is 14.3. The molecule has 1 aliphatic carbocycles. The van der Waals surface area contributed by atoms with Gasteiger partial charge in [-0.05, 0) is 43.7 Å². The number of benzene rings is 1. The highest BCUT2D eigenvalue weighted by Gasteiger charge is 2.36. The molecule has 23 heavy (non-hydrogen) atoms. The lowest BCUT2D eigenvalue weighted by Crippen LogP contribution is -2.30. The number of sulfone groups is 1. The van der Waals surface area contributed by atoms with Crippen LogP contribution in [0.15, 0.2) is 46.9 Å². The lowest BCUT2D eigenvalue weighted by Gasteiger charge is -2.21. The smallest absolute Gasteiger partial charge is 0.223 e. The molecule has 5 heteroatoms. The second-order valence-corrected chi connectivity index (χ2v) is 8.80. The number of nitrogens with zero attached hydrogens (tertiary/aromatic N) is 1. The number of likely N-dealkylation sites (tertiary alicyclic amines) is 1. The topological polar surface area (TPSA) is 54.5 Å². The summed E-state index contributed by atoms with van der Waals surface area (Å²) in [6.07, 6.45) is 4.46. The normalized spacial score (nSPS) is 24.2. The fraction of sp³-hybridized carbons (Fsp3) is 0.500. The Morgan fingerprint density at radius 3 is 2.61 bits per heavy atom. The maximum Gasteiger partial charge on any atom is 0.223 e. The van der Waals surface area contributed by atoms with Gasteiger partial charge in [0.2, 0.25) is 5.91 Å². The molecule has 1 saturated heterocycles. The molecular weight excluding hydrogens is 310 g/mol. The fourth-order valence-corrected chi connectivity index (χ4v) is 4.87. The Morgan fingerprint density at radius 2 is 1.87 bits per heavy atom.